The van der Waals surface area contributed by atoms with Gasteiger partial charge in [0.2, 0.25) is 0 Å². The fourth-order valence-corrected chi connectivity index (χ4v) is 9.45. The molecule has 5 nitrogen and oxygen atoms in total. The quantitative estimate of drug-likeness (QED) is 0.193. The molecule has 5 aromatic carbocycles. The lowest BCUT2D eigenvalue weighted by Crippen LogP contribution is -2.51. The number of piperidine rings is 1. The first-order valence-electron chi connectivity index (χ1n) is 17.9. The summed E-state index contributed by atoms with van der Waals surface area (Å²) >= 11 is 0. The van der Waals surface area contributed by atoms with E-state index in [1.165, 1.54) is 52.9 Å². The number of benzene rings is 5. The van der Waals surface area contributed by atoms with Gasteiger partial charge in [-0.1, -0.05) is 79.7 Å². The molecular formula is C44H39N5. The second-order valence-corrected chi connectivity index (χ2v) is 14.5. The highest BCUT2D eigenvalue weighted by Crippen LogP contribution is 2.43. The predicted molar refractivity (Wildman–Crippen MR) is 203 cm³/mol. The van der Waals surface area contributed by atoms with Crippen LogP contribution in [0.25, 0.3) is 66.6 Å². The fourth-order valence-electron chi connectivity index (χ4n) is 9.45. The highest BCUT2D eigenvalue weighted by molar-refractivity contribution is 6.10. The summed E-state index contributed by atoms with van der Waals surface area (Å²) in [5, 5.41) is 4.87. The number of aromatic nitrogens is 4. The fraction of sp³-hybridized carbons (Fsp3) is 0.227. The van der Waals surface area contributed by atoms with Gasteiger partial charge in [-0.3, -0.25) is 9.13 Å². The lowest BCUT2D eigenvalue weighted by atomic mass is 9.72. The zero-order valence-electron chi connectivity index (χ0n) is 28.0. The maximum Gasteiger partial charge on any atom is 0.163 e. The topological polar surface area (TPSA) is 38.9 Å². The van der Waals surface area contributed by atoms with Gasteiger partial charge < -0.3 is 4.90 Å². The smallest absolute Gasteiger partial charge is 0.163 e. The van der Waals surface area contributed by atoms with Gasteiger partial charge in [-0.25, -0.2) is 9.97 Å². The van der Waals surface area contributed by atoms with E-state index in [-0.39, 0.29) is 0 Å². The van der Waals surface area contributed by atoms with Crippen LogP contribution in [0.3, 0.4) is 0 Å². The highest BCUT2D eigenvalue weighted by atomic mass is 15.2. The van der Waals surface area contributed by atoms with E-state index in [2.05, 4.69) is 155 Å². The second-order valence-electron chi connectivity index (χ2n) is 14.5. The number of para-hydroxylation sites is 4. The van der Waals surface area contributed by atoms with Crippen molar-refractivity contribution in [3.8, 4) is 23.0 Å². The van der Waals surface area contributed by atoms with Crippen LogP contribution in [0.1, 0.15) is 39.5 Å². The minimum atomic E-state index is 0.555. The van der Waals surface area contributed by atoms with E-state index in [1.54, 1.807) is 0 Å². The summed E-state index contributed by atoms with van der Waals surface area (Å²) in [7, 11) is 0. The van der Waals surface area contributed by atoms with Crippen molar-refractivity contribution >= 4 is 49.3 Å². The van der Waals surface area contributed by atoms with E-state index >= 15 is 0 Å². The molecule has 2 bridgehead atoms. The van der Waals surface area contributed by atoms with Gasteiger partial charge in [0.25, 0.3) is 0 Å². The van der Waals surface area contributed by atoms with Crippen LogP contribution in [-0.4, -0.2) is 31.2 Å². The minimum absolute atomic E-state index is 0.555. The first kappa shape index (κ1) is 28.6. The minimum Gasteiger partial charge on any atom is -0.366 e. The highest BCUT2D eigenvalue weighted by Gasteiger charge is 2.38. The van der Waals surface area contributed by atoms with Crippen LogP contribution in [0.2, 0.25) is 0 Å². The molecule has 5 heteroatoms. The summed E-state index contributed by atoms with van der Waals surface area (Å²) in [6.07, 6.45) is 5.29. The summed E-state index contributed by atoms with van der Waals surface area (Å²) < 4.78 is 4.61. The Morgan fingerprint density at radius 1 is 0.510 bits per heavy atom. The number of fused-ring (bicyclic) bond motifs is 8. The molecule has 1 saturated heterocycles. The third-order valence-corrected chi connectivity index (χ3v) is 11.3. The molecule has 1 aliphatic carbocycles. The van der Waals surface area contributed by atoms with Gasteiger partial charge in [0.1, 0.15) is 11.6 Å². The molecular weight excluding hydrogens is 599 g/mol. The molecule has 3 aromatic heterocycles. The molecule has 240 valence electrons. The van der Waals surface area contributed by atoms with Crippen molar-refractivity contribution in [3.63, 3.8) is 0 Å². The van der Waals surface area contributed by atoms with Crippen LogP contribution >= 0.6 is 0 Å². The summed E-state index contributed by atoms with van der Waals surface area (Å²) in [4.78, 5) is 13.4. The van der Waals surface area contributed by atoms with Crippen LogP contribution in [0.4, 0.5) is 5.69 Å². The molecule has 1 saturated carbocycles. The van der Waals surface area contributed by atoms with E-state index in [4.69, 9.17) is 9.97 Å². The molecule has 8 aromatic rings. The number of hydrogen-bond acceptors (Lipinski definition) is 3. The molecule has 4 unspecified atom stereocenters. The summed E-state index contributed by atoms with van der Waals surface area (Å²) in [6, 6.07) is 47.0. The largest absolute Gasteiger partial charge is 0.366 e. The van der Waals surface area contributed by atoms with E-state index in [9.17, 15) is 0 Å². The molecule has 2 fully saturated rings. The van der Waals surface area contributed by atoms with Crippen molar-refractivity contribution in [2.24, 2.45) is 11.8 Å². The zero-order valence-corrected chi connectivity index (χ0v) is 28.0. The molecule has 0 amide bonds. The molecule has 0 N–H and O–H groups in total. The van der Waals surface area contributed by atoms with Crippen LogP contribution in [0, 0.1) is 11.8 Å². The van der Waals surface area contributed by atoms with E-state index < -0.39 is 0 Å². The summed E-state index contributed by atoms with van der Waals surface area (Å²) in [5.74, 6) is 4.11. The lowest BCUT2D eigenvalue weighted by Gasteiger charge is -2.50. The average molecular weight is 638 g/mol. The van der Waals surface area contributed by atoms with Gasteiger partial charge in [-0.2, -0.15) is 0 Å². The van der Waals surface area contributed by atoms with Crippen LogP contribution < -0.4 is 4.90 Å². The monoisotopic (exact) mass is 637 g/mol. The second kappa shape index (κ2) is 11.1. The number of hydrogen-bond donors (Lipinski definition) is 0. The molecule has 0 radical (unpaired) electrons. The Bertz CT molecular complexity index is 2280. The van der Waals surface area contributed by atoms with E-state index in [1.807, 2.05) is 0 Å². The van der Waals surface area contributed by atoms with Crippen molar-refractivity contribution < 1.29 is 0 Å². The Balaban J connectivity index is 1.18. The predicted octanol–water partition coefficient (Wildman–Crippen LogP) is 10.7. The normalized spacial score (nSPS) is 20.9. The molecule has 2 aliphatic rings. The molecule has 1 aliphatic heterocycles. The zero-order chi connectivity index (χ0) is 32.6. The Kier molecular flexibility index (Phi) is 6.45. The molecule has 0 spiro atoms. The van der Waals surface area contributed by atoms with Gasteiger partial charge in [0.05, 0.1) is 22.1 Å². The maximum absolute atomic E-state index is 5.36. The summed E-state index contributed by atoms with van der Waals surface area (Å²) in [6.45, 7) is 4.85. The number of nitrogens with zero attached hydrogens (tertiary/aromatic N) is 5. The maximum atomic E-state index is 5.36. The molecule has 4 atom stereocenters. The first-order chi connectivity index (χ1) is 24.1. The molecule has 10 rings (SSSR count). The van der Waals surface area contributed by atoms with Gasteiger partial charge in [-0.15, -0.1) is 0 Å². The van der Waals surface area contributed by atoms with Crippen LogP contribution in [-0.2, 0) is 0 Å². The molecule has 49 heavy (non-hydrogen) atoms. The first-order valence-corrected chi connectivity index (χ1v) is 17.9. The molecule has 4 heterocycles. The Morgan fingerprint density at radius 3 is 1.47 bits per heavy atom. The Labute approximate surface area is 286 Å². The third kappa shape index (κ3) is 4.52. The van der Waals surface area contributed by atoms with Gasteiger partial charge in [0, 0.05) is 50.9 Å². The van der Waals surface area contributed by atoms with Gasteiger partial charge >= 0.3 is 0 Å². The van der Waals surface area contributed by atoms with E-state index in [0.29, 0.717) is 12.1 Å². The number of rotatable bonds is 4. The number of anilines is 1. The van der Waals surface area contributed by atoms with E-state index in [0.717, 1.165) is 56.9 Å². The van der Waals surface area contributed by atoms with Crippen LogP contribution in [0.15, 0.2) is 127 Å². The van der Waals surface area contributed by atoms with Crippen molar-refractivity contribution in [3.05, 3.63) is 127 Å². The third-order valence-electron chi connectivity index (χ3n) is 11.3. The van der Waals surface area contributed by atoms with Crippen LogP contribution in [0.5, 0.6) is 0 Å². The SMILES string of the molecule is CC1CC2CC(C)N(c3ccc(-c4nc(-n5c6ccccc6c6ccccc65)cc(-n5c6ccccc6c6ccccc65)n4)cc3)C(C1)C2. The Morgan fingerprint density at radius 2 is 0.980 bits per heavy atom. The van der Waals surface area contributed by atoms with Crippen molar-refractivity contribution in [2.75, 3.05) is 4.90 Å². The van der Waals surface area contributed by atoms with Gasteiger partial charge in [-0.05, 0) is 93.0 Å². The van der Waals surface area contributed by atoms with Crippen molar-refractivity contribution in [2.45, 2.75) is 51.6 Å². The average Bonchev–Trinajstić information content (AvgIpc) is 3.65. The standard InChI is InChI=1S/C44H39N5/c1-28-23-30-25-29(2)47(33(24-28)26-30)32-21-19-31(20-22-32)44-45-42(48-38-15-7-3-11-34(38)35-12-4-8-16-39(35)48)27-43(46-44)49-40-17-9-5-13-36(40)37-14-6-10-18-41(37)49/h3-22,27-30,33H,23-26H2,1-2H3. The van der Waals surface area contributed by atoms with Gasteiger partial charge in [0.15, 0.2) is 5.82 Å². The summed E-state index contributed by atoms with van der Waals surface area (Å²) in [5.41, 5.74) is 6.88. The lowest BCUT2D eigenvalue weighted by molar-refractivity contribution is 0.179. The van der Waals surface area contributed by atoms with Crippen molar-refractivity contribution in [1.82, 2.24) is 19.1 Å². The Hall–Kier alpha value is -5.42. The van der Waals surface area contributed by atoms with Crippen molar-refractivity contribution in [1.29, 1.82) is 0 Å².